The molecule has 0 fully saturated rings. The van der Waals surface area contributed by atoms with E-state index in [9.17, 15) is 10.1 Å². The van der Waals surface area contributed by atoms with Crippen molar-refractivity contribution in [2.24, 2.45) is 0 Å². The molecular weight excluding hydrogens is 232 g/mol. The summed E-state index contributed by atoms with van der Waals surface area (Å²) >= 11 is 0. The van der Waals surface area contributed by atoms with Crippen LogP contribution >= 0.6 is 0 Å². The van der Waals surface area contributed by atoms with E-state index in [0.717, 1.165) is 5.56 Å². The van der Waals surface area contributed by atoms with Gasteiger partial charge in [0.1, 0.15) is 12.4 Å². The molecule has 5 heteroatoms. The molecule has 2 aromatic rings. The van der Waals surface area contributed by atoms with Gasteiger partial charge in [-0.1, -0.05) is 12.1 Å². The van der Waals surface area contributed by atoms with E-state index >= 15 is 0 Å². The Bertz CT molecular complexity index is 535. The number of rotatable bonds is 4. The minimum Gasteiger partial charge on any atom is -0.489 e. The SMILES string of the molecule is Nc1ccc(COc2ccc([N+](=O)[O-])cc2)cc1. The van der Waals surface area contributed by atoms with Gasteiger partial charge in [-0.2, -0.15) is 0 Å². The van der Waals surface area contributed by atoms with Crippen molar-refractivity contribution in [3.63, 3.8) is 0 Å². The Morgan fingerprint density at radius 1 is 1.06 bits per heavy atom. The van der Waals surface area contributed by atoms with Gasteiger partial charge >= 0.3 is 0 Å². The van der Waals surface area contributed by atoms with Gasteiger partial charge < -0.3 is 10.5 Å². The van der Waals surface area contributed by atoms with Crippen molar-refractivity contribution >= 4 is 11.4 Å². The monoisotopic (exact) mass is 244 g/mol. The first-order valence-corrected chi connectivity index (χ1v) is 5.37. The predicted octanol–water partition coefficient (Wildman–Crippen LogP) is 2.76. The Morgan fingerprint density at radius 2 is 1.67 bits per heavy atom. The number of benzene rings is 2. The maximum Gasteiger partial charge on any atom is 0.269 e. The molecule has 2 rings (SSSR count). The van der Waals surface area contributed by atoms with Crippen LogP contribution in [0.2, 0.25) is 0 Å². The fourth-order valence-corrected chi connectivity index (χ4v) is 1.44. The van der Waals surface area contributed by atoms with Crippen molar-refractivity contribution in [3.8, 4) is 5.75 Å². The van der Waals surface area contributed by atoms with Gasteiger partial charge in [-0.15, -0.1) is 0 Å². The zero-order valence-corrected chi connectivity index (χ0v) is 9.58. The summed E-state index contributed by atoms with van der Waals surface area (Å²) < 4.78 is 5.50. The Morgan fingerprint density at radius 3 is 2.22 bits per heavy atom. The highest BCUT2D eigenvalue weighted by Gasteiger charge is 2.04. The third-order valence-electron chi connectivity index (χ3n) is 2.43. The molecule has 2 N–H and O–H groups in total. The number of hydrogen-bond acceptors (Lipinski definition) is 4. The van der Waals surface area contributed by atoms with E-state index in [1.54, 1.807) is 24.3 Å². The number of ether oxygens (including phenoxy) is 1. The molecule has 0 unspecified atom stereocenters. The Balaban J connectivity index is 1.97. The van der Waals surface area contributed by atoms with Crippen molar-refractivity contribution in [3.05, 3.63) is 64.2 Å². The zero-order valence-electron chi connectivity index (χ0n) is 9.58. The second kappa shape index (κ2) is 5.18. The fraction of sp³-hybridized carbons (Fsp3) is 0.0769. The normalized spacial score (nSPS) is 10.0. The van der Waals surface area contributed by atoms with Crippen molar-refractivity contribution in [1.82, 2.24) is 0 Å². The van der Waals surface area contributed by atoms with Crippen LogP contribution in [0.25, 0.3) is 0 Å². The highest BCUT2D eigenvalue weighted by atomic mass is 16.6. The molecule has 0 aliphatic carbocycles. The van der Waals surface area contributed by atoms with Gasteiger partial charge in [-0.05, 0) is 29.8 Å². The average molecular weight is 244 g/mol. The molecule has 0 saturated carbocycles. The van der Waals surface area contributed by atoms with Gasteiger partial charge in [0.2, 0.25) is 0 Å². The molecule has 18 heavy (non-hydrogen) atoms. The van der Waals surface area contributed by atoms with E-state index in [1.807, 2.05) is 12.1 Å². The lowest BCUT2D eigenvalue weighted by molar-refractivity contribution is -0.384. The molecule has 0 atom stereocenters. The van der Waals surface area contributed by atoms with Crippen molar-refractivity contribution in [2.45, 2.75) is 6.61 Å². The second-order valence-electron chi connectivity index (χ2n) is 3.78. The highest BCUT2D eigenvalue weighted by molar-refractivity contribution is 5.39. The summed E-state index contributed by atoms with van der Waals surface area (Å²) in [6, 6.07) is 13.3. The lowest BCUT2D eigenvalue weighted by Crippen LogP contribution is -1.96. The summed E-state index contributed by atoms with van der Waals surface area (Å²) in [5.74, 6) is 0.595. The first-order valence-electron chi connectivity index (χ1n) is 5.37. The first kappa shape index (κ1) is 11.9. The number of nitrogen functional groups attached to an aromatic ring is 1. The number of nitro benzene ring substituents is 1. The number of non-ortho nitro benzene ring substituents is 1. The molecule has 0 amide bonds. The third kappa shape index (κ3) is 2.98. The summed E-state index contributed by atoms with van der Waals surface area (Å²) in [6.07, 6.45) is 0. The van der Waals surface area contributed by atoms with Crippen LogP contribution in [-0.4, -0.2) is 4.92 Å². The fourth-order valence-electron chi connectivity index (χ4n) is 1.44. The lowest BCUT2D eigenvalue weighted by atomic mass is 10.2. The minimum atomic E-state index is -0.441. The largest absolute Gasteiger partial charge is 0.489 e. The third-order valence-corrected chi connectivity index (χ3v) is 2.43. The standard InChI is InChI=1S/C13H12N2O3/c14-11-3-1-10(2-4-11)9-18-13-7-5-12(6-8-13)15(16)17/h1-8H,9,14H2. The predicted molar refractivity (Wildman–Crippen MR) is 68.3 cm³/mol. The summed E-state index contributed by atoms with van der Waals surface area (Å²) in [4.78, 5) is 10.0. The molecule has 92 valence electrons. The van der Waals surface area contributed by atoms with E-state index in [4.69, 9.17) is 10.5 Å². The first-order chi connectivity index (χ1) is 8.65. The highest BCUT2D eigenvalue weighted by Crippen LogP contribution is 2.18. The van der Waals surface area contributed by atoms with Crippen molar-refractivity contribution < 1.29 is 9.66 Å². The molecule has 0 aromatic heterocycles. The molecule has 0 spiro atoms. The molecule has 2 aromatic carbocycles. The van der Waals surface area contributed by atoms with Gasteiger partial charge in [-0.3, -0.25) is 10.1 Å². The lowest BCUT2D eigenvalue weighted by Gasteiger charge is -2.06. The van der Waals surface area contributed by atoms with Crippen LogP contribution < -0.4 is 10.5 Å². The Hall–Kier alpha value is -2.56. The Kier molecular flexibility index (Phi) is 3.43. The second-order valence-corrected chi connectivity index (χ2v) is 3.78. The summed E-state index contributed by atoms with van der Waals surface area (Å²) in [5.41, 5.74) is 7.32. The number of nitrogens with two attached hydrogens (primary N) is 1. The quantitative estimate of drug-likeness (QED) is 0.509. The molecule has 0 radical (unpaired) electrons. The van der Waals surface area contributed by atoms with Crippen LogP contribution in [0.3, 0.4) is 0 Å². The maximum atomic E-state index is 10.5. The molecule has 0 bridgehead atoms. The Labute approximate surface area is 104 Å². The molecule has 0 saturated heterocycles. The summed E-state index contributed by atoms with van der Waals surface area (Å²) in [5, 5.41) is 10.5. The molecular formula is C13H12N2O3. The van der Waals surface area contributed by atoms with Gasteiger partial charge in [0.15, 0.2) is 0 Å². The van der Waals surface area contributed by atoms with E-state index in [0.29, 0.717) is 18.0 Å². The van der Waals surface area contributed by atoms with Crippen molar-refractivity contribution in [1.29, 1.82) is 0 Å². The number of hydrogen-bond donors (Lipinski definition) is 1. The van der Waals surface area contributed by atoms with Gasteiger partial charge in [0, 0.05) is 17.8 Å². The molecule has 0 aliphatic heterocycles. The summed E-state index contributed by atoms with van der Waals surface area (Å²) in [6.45, 7) is 0.401. The number of nitrogens with zero attached hydrogens (tertiary/aromatic N) is 1. The van der Waals surface area contributed by atoms with Gasteiger partial charge in [0.05, 0.1) is 4.92 Å². The van der Waals surface area contributed by atoms with Gasteiger partial charge in [-0.25, -0.2) is 0 Å². The number of nitro groups is 1. The average Bonchev–Trinajstić information content (AvgIpc) is 2.38. The molecule has 0 aliphatic rings. The smallest absolute Gasteiger partial charge is 0.269 e. The molecule has 0 heterocycles. The van der Waals surface area contributed by atoms with E-state index in [-0.39, 0.29) is 5.69 Å². The van der Waals surface area contributed by atoms with Crippen LogP contribution in [0.4, 0.5) is 11.4 Å². The number of anilines is 1. The van der Waals surface area contributed by atoms with E-state index < -0.39 is 4.92 Å². The molecule has 5 nitrogen and oxygen atoms in total. The summed E-state index contributed by atoms with van der Waals surface area (Å²) in [7, 11) is 0. The maximum absolute atomic E-state index is 10.5. The van der Waals surface area contributed by atoms with Gasteiger partial charge in [0.25, 0.3) is 5.69 Å². The van der Waals surface area contributed by atoms with Crippen LogP contribution in [-0.2, 0) is 6.61 Å². The van der Waals surface area contributed by atoms with E-state index in [1.165, 1.54) is 12.1 Å². The van der Waals surface area contributed by atoms with Crippen molar-refractivity contribution in [2.75, 3.05) is 5.73 Å². The van der Waals surface area contributed by atoms with Crippen LogP contribution in [0.15, 0.2) is 48.5 Å². The van der Waals surface area contributed by atoms with Crippen LogP contribution in [0, 0.1) is 10.1 Å². The van der Waals surface area contributed by atoms with Crippen LogP contribution in [0.5, 0.6) is 5.75 Å². The van der Waals surface area contributed by atoms with E-state index in [2.05, 4.69) is 0 Å². The zero-order chi connectivity index (χ0) is 13.0. The minimum absolute atomic E-state index is 0.0508. The van der Waals surface area contributed by atoms with Crippen LogP contribution in [0.1, 0.15) is 5.56 Å². The topological polar surface area (TPSA) is 78.4 Å².